The summed E-state index contributed by atoms with van der Waals surface area (Å²) < 4.78 is 16.9. The molecule has 2 aromatic rings. The van der Waals surface area contributed by atoms with Crippen molar-refractivity contribution in [1.82, 2.24) is 10.3 Å². The van der Waals surface area contributed by atoms with E-state index in [-0.39, 0.29) is 6.10 Å². The van der Waals surface area contributed by atoms with Gasteiger partial charge in [-0.25, -0.2) is 4.98 Å². The van der Waals surface area contributed by atoms with E-state index in [0.717, 1.165) is 48.6 Å². The molecule has 0 saturated heterocycles. The quantitative estimate of drug-likeness (QED) is 0.796. The number of nitrogens with one attached hydrogen (secondary N) is 1. The van der Waals surface area contributed by atoms with Crippen LogP contribution in [-0.2, 0) is 19.5 Å². The van der Waals surface area contributed by atoms with E-state index in [9.17, 15) is 0 Å². The van der Waals surface area contributed by atoms with Gasteiger partial charge in [-0.1, -0.05) is 13.0 Å². The molecule has 0 aliphatic carbocycles. The molecule has 1 aromatic heterocycles. The molecule has 1 aliphatic heterocycles. The summed E-state index contributed by atoms with van der Waals surface area (Å²) in [6.07, 6.45) is 3.99. The number of fused-ring (bicyclic) bond motifs is 1. The molecule has 1 atom stereocenters. The SMILES string of the molecule is CCCOc1ccc(CNCc2cc(OC)cc3c2O[C@@H](C)C3)cn1. The Morgan fingerprint density at radius 2 is 2.16 bits per heavy atom. The van der Waals surface area contributed by atoms with Gasteiger partial charge < -0.3 is 19.5 Å². The van der Waals surface area contributed by atoms with Crippen molar-refractivity contribution in [3.8, 4) is 17.4 Å². The Labute approximate surface area is 149 Å². The van der Waals surface area contributed by atoms with Gasteiger partial charge in [0.1, 0.15) is 17.6 Å². The summed E-state index contributed by atoms with van der Waals surface area (Å²) in [6.45, 7) is 6.34. The van der Waals surface area contributed by atoms with Gasteiger partial charge in [-0.2, -0.15) is 0 Å². The van der Waals surface area contributed by atoms with E-state index in [2.05, 4.69) is 30.2 Å². The van der Waals surface area contributed by atoms with Crippen LogP contribution >= 0.6 is 0 Å². The molecule has 25 heavy (non-hydrogen) atoms. The number of rotatable bonds is 8. The van der Waals surface area contributed by atoms with Crippen LogP contribution in [0.3, 0.4) is 0 Å². The van der Waals surface area contributed by atoms with Gasteiger partial charge in [-0.3, -0.25) is 0 Å². The van der Waals surface area contributed by atoms with E-state index >= 15 is 0 Å². The van der Waals surface area contributed by atoms with Crippen molar-refractivity contribution in [2.24, 2.45) is 0 Å². The highest BCUT2D eigenvalue weighted by atomic mass is 16.5. The molecule has 2 heterocycles. The first-order valence-corrected chi connectivity index (χ1v) is 8.84. The average Bonchev–Trinajstić information content (AvgIpc) is 3.01. The summed E-state index contributed by atoms with van der Waals surface area (Å²) in [4.78, 5) is 4.33. The van der Waals surface area contributed by atoms with Gasteiger partial charge in [0.2, 0.25) is 5.88 Å². The third kappa shape index (κ3) is 4.42. The molecular formula is C20H26N2O3. The number of methoxy groups -OCH3 is 1. The average molecular weight is 342 g/mol. The summed E-state index contributed by atoms with van der Waals surface area (Å²) in [5.41, 5.74) is 3.48. The molecule has 0 saturated carbocycles. The van der Waals surface area contributed by atoms with Crippen LogP contribution in [0.25, 0.3) is 0 Å². The summed E-state index contributed by atoms with van der Waals surface area (Å²) in [7, 11) is 1.70. The van der Waals surface area contributed by atoms with Crippen molar-refractivity contribution in [2.75, 3.05) is 13.7 Å². The van der Waals surface area contributed by atoms with E-state index in [0.29, 0.717) is 12.5 Å². The number of pyridine rings is 1. The van der Waals surface area contributed by atoms with Crippen molar-refractivity contribution < 1.29 is 14.2 Å². The lowest BCUT2D eigenvalue weighted by Crippen LogP contribution is -2.14. The van der Waals surface area contributed by atoms with Crippen molar-refractivity contribution in [1.29, 1.82) is 0 Å². The summed E-state index contributed by atoms with van der Waals surface area (Å²) in [5.74, 6) is 2.56. The fourth-order valence-corrected chi connectivity index (χ4v) is 2.98. The zero-order chi connectivity index (χ0) is 17.6. The van der Waals surface area contributed by atoms with Crippen LogP contribution < -0.4 is 19.5 Å². The zero-order valence-electron chi connectivity index (χ0n) is 15.2. The molecule has 0 bridgehead atoms. The first kappa shape index (κ1) is 17.5. The smallest absolute Gasteiger partial charge is 0.213 e. The number of nitrogens with zero attached hydrogens (tertiary/aromatic N) is 1. The largest absolute Gasteiger partial charge is 0.497 e. The Morgan fingerprint density at radius 1 is 1.28 bits per heavy atom. The third-order valence-corrected chi connectivity index (χ3v) is 4.17. The highest BCUT2D eigenvalue weighted by molar-refractivity contribution is 5.49. The van der Waals surface area contributed by atoms with Crippen LogP contribution in [0.1, 0.15) is 37.0 Å². The Hall–Kier alpha value is -2.27. The molecule has 134 valence electrons. The maximum atomic E-state index is 5.97. The predicted molar refractivity (Wildman–Crippen MR) is 97.4 cm³/mol. The van der Waals surface area contributed by atoms with Gasteiger partial charge in [0, 0.05) is 42.9 Å². The van der Waals surface area contributed by atoms with Gasteiger partial charge in [-0.05, 0) is 31.0 Å². The van der Waals surface area contributed by atoms with Crippen LogP contribution in [-0.4, -0.2) is 24.8 Å². The van der Waals surface area contributed by atoms with Gasteiger partial charge >= 0.3 is 0 Å². The predicted octanol–water partition coefficient (Wildman–Crippen LogP) is 3.49. The molecule has 1 aliphatic rings. The Morgan fingerprint density at radius 3 is 2.88 bits per heavy atom. The fraction of sp³-hybridized carbons (Fsp3) is 0.450. The minimum absolute atomic E-state index is 0.223. The lowest BCUT2D eigenvalue weighted by molar-refractivity contribution is 0.252. The van der Waals surface area contributed by atoms with Crippen LogP contribution in [0.4, 0.5) is 0 Å². The number of aromatic nitrogens is 1. The zero-order valence-corrected chi connectivity index (χ0v) is 15.2. The van der Waals surface area contributed by atoms with Crippen molar-refractivity contribution in [2.45, 2.75) is 45.9 Å². The lowest BCUT2D eigenvalue weighted by Gasteiger charge is -2.12. The van der Waals surface area contributed by atoms with Gasteiger partial charge in [-0.15, -0.1) is 0 Å². The molecule has 1 aromatic carbocycles. The van der Waals surface area contributed by atoms with Crippen LogP contribution in [0.15, 0.2) is 30.5 Å². The summed E-state index contributed by atoms with van der Waals surface area (Å²) in [5, 5.41) is 3.46. The van der Waals surface area contributed by atoms with E-state index in [1.165, 1.54) is 5.56 Å². The molecule has 0 unspecified atom stereocenters. The molecular weight excluding hydrogens is 316 g/mol. The highest BCUT2D eigenvalue weighted by Gasteiger charge is 2.23. The van der Waals surface area contributed by atoms with Crippen molar-refractivity contribution >= 4 is 0 Å². The standard InChI is InChI=1S/C20H26N2O3/c1-4-7-24-19-6-5-15(12-22-19)11-21-13-17-10-18(23-3)9-16-8-14(2)25-20(16)17/h5-6,9-10,12,14,21H,4,7-8,11,13H2,1-3H3/t14-/m0/s1. The normalized spacial score (nSPS) is 15.6. The summed E-state index contributed by atoms with van der Waals surface area (Å²) in [6, 6.07) is 8.07. The van der Waals surface area contributed by atoms with Crippen molar-refractivity contribution in [3.05, 3.63) is 47.2 Å². The van der Waals surface area contributed by atoms with Gasteiger partial charge in [0.25, 0.3) is 0 Å². The molecule has 3 rings (SSSR count). The van der Waals surface area contributed by atoms with E-state index in [1.54, 1.807) is 7.11 Å². The molecule has 5 nitrogen and oxygen atoms in total. The Bertz CT molecular complexity index is 701. The monoisotopic (exact) mass is 342 g/mol. The molecule has 0 spiro atoms. The third-order valence-electron chi connectivity index (χ3n) is 4.17. The Kier molecular flexibility index (Phi) is 5.76. The van der Waals surface area contributed by atoms with Crippen LogP contribution in [0.5, 0.6) is 17.4 Å². The maximum absolute atomic E-state index is 5.97. The Balaban J connectivity index is 1.60. The molecule has 0 amide bonds. The first-order valence-electron chi connectivity index (χ1n) is 8.84. The van der Waals surface area contributed by atoms with E-state index < -0.39 is 0 Å². The number of ether oxygens (including phenoxy) is 3. The van der Waals surface area contributed by atoms with Gasteiger partial charge in [0.15, 0.2) is 0 Å². The molecule has 0 radical (unpaired) electrons. The van der Waals surface area contributed by atoms with Crippen molar-refractivity contribution in [3.63, 3.8) is 0 Å². The second kappa shape index (κ2) is 8.21. The van der Waals surface area contributed by atoms with Gasteiger partial charge in [0.05, 0.1) is 13.7 Å². The molecule has 1 N–H and O–H groups in total. The summed E-state index contributed by atoms with van der Waals surface area (Å²) >= 11 is 0. The molecule has 5 heteroatoms. The second-order valence-corrected chi connectivity index (χ2v) is 6.36. The fourth-order valence-electron chi connectivity index (χ4n) is 2.98. The topological polar surface area (TPSA) is 52.6 Å². The first-order chi connectivity index (χ1) is 12.2. The van der Waals surface area contributed by atoms with E-state index in [4.69, 9.17) is 14.2 Å². The minimum Gasteiger partial charge on any atom is -0.497 e. The minimum atomic E-state index is 0.223. The molecule has 0 fully saturated rings. The lowest BCUT2D eigenvalue weighted by atomic mass is 10.1. The van der Waals surface area contributed by atoms with E-state index in [1.807, 2.05) is 24.4 Å². The van der Waals surface area contributed by atoms with Crippen LogP contribution in [0.2, 0.25) is 0 Å². The second-order valence-electron chi connectivity index (χ2n) is 6.36. The number of hydrogen-bond acceptors (Lipinski definition) is 5. The number of benzene rings is 1. The highest BCUT2D eigenvalue weighted by Crippen LogP contribution is 2.36. The van der Waals surface area contributed by atoms with Crippen LogP contribution in [0, 0.1) is 0 Å². The number of hydrogen-bond donors (Lipinski definition) is 1. The maximum Gasteiger partial charge on any atom is 0.213 e.